The van der Waals surface area contributed by atoms with Crippen molar-refractivity contribution in [2.45, 2.75) is 59.0 Å². The average Bonchev–Trinajstić information content (AvgIpc) is 3.08. The van der Waals surface area contributed by atoms with Crippen molar-refractivity contribution >= 4 is 18.0 Å². The molecule has 0 heterocycles. The van der Waals surface area contributed by atoms with Crippen molar-refractivity contribution in [2.24, 2.45) is 11.3 Å². The Kier molecular flexibility index (Phi) is 7.64. The van der Waals surface area contributed by atoms with Gasteiger partial charge in [0.25, 0.3) is 0 Å². The molecule has 3 rings (SSSR count). The fraction of sp³-hybridized carbons (Fsp3) is 0.444. The molecule has 0 bridgehead atoms. The molecule has 182 valence electrons. The molecule has 0 spiro atoms. The van der Waals surface area contributed by atoms with Gasteiger partial charge < -0.3 is 20.5 Å². The number of rotatable bonds is 8. The molecule has 1 aliphatic rings. The molecule has 0 fully saturated rings. The molecule has 0 aromatic heterocycles. The molecule has 1 aliphatic carbocycles. The zero-order valence-electron chi connectivity index (χ0n) is 20.4. The molecule has 0 saturated carbocycles. The predicted octanol–water partition coefficient (Wildman–Crippen LogP) is 4.56. The lowest BCUT2D eigenvalue weighted by atomic mass is 9.86. The van der Waals surface area contributed by atoms with E-state index in [0.29, 0.717) is 6.42 Å². The van der Waals surface area contributed by atoms with E-state index < -0.39 is 35.5 Å². The first-order valence-corrected chi connectivity index (χ1v) is 11.6. The van der Waals surface area contributed by atoms with E-state index in [1.165, 1.54) is 0 Å². The first-order valence-electron chi connectivity index (χ1n) is 11.6. The monoisotopic (exact) mass is 466 g/mol. The van der Waals surface area contributed by atoms with Crippen LogP contribution in [0.4, 0.5) is 4.79 Å². The van der Waals surface area contributed by atoms with Crippen molar-refractivity contribution in [2.75, 3.05) is 6.61 Å². The molecule has 2 aromatic carbocycles. The van der Waals surface area contributed by atoms with Gasteiger partial charge in [0.1, 0.15) is 18.7 Å². The Morgan fingerprint density at radius 2 is 1.47 bits per heavy atom. The molecule has 7 heteroatoms. The van der Waals surface area contributed by atoms with Crippen LogP contribution in [0.15, 0.2) is 48.5 Å². The Hall–Kier alpha value is -3.35. The third kappa shape index (κ3) is 5.76. The number of nitrogens with one attached hydrogen (secondary N) is 2. The number of amides is 2. The summed E-state index contributed by atoms with van der Waals surface area (Å²) in [4.78, 5) is 37.3. The van der Waals surface area contributed by atoms with Crippen LogP contribution < -0.4 is 10.6 Å². The van der Waals surface area contributed by atoms with Crippen LogP contribution in [0.1, 0.15) is 58.1 Å². The van der Waals surface area contributed by atoms with Crippen molar-refractivity contribution < 1.29 is 24.2 Å². The molecule has 0 radical (unpaired) electrons. The van der Waals surface area contributed by atoms with Crippen molar-refractivity contribution in [1.29, 1.82) is 0 Å². The summed E-state index contributed by atoms with van der Waals surface area (Å²) < 4.78 is 5.59. The lowest BCUT2D eigenvalue weighted by molar-refractivity contribution is -0.143. The van der Waals surface area contributed by atoms with Gasteiger partial charge in [0.2, 0.25) is 5.91 Å². The minimum atomic E-state index is -1.10. The van der Waals surface area contributed by atoms with Gasteiger partial charge in [0.15, 0.2) is 0 Å². The van der Waals surface area contributed by atoms with Gasteiger partial charge in [0.05, 0.1) is 0 Å². The smallest absolute Gasteiger partial charge is 0.407 e. The highest BCUT2D eigenvalue weighted by atomic mass is 16.5. The summed E-state index contributed by atoms with van der Waals surface area (Å²) in [5.41, 5.74) is 3.79. The standard InChI is InChI=1S/C27H34N2O5/c1-16(2)14-22(25(31)32)28-24(30)23(27(3,4)5)29-26(33)34-15-21-19-12-8-6-10-17(19)18-11-7-9-13-20(18)21/h6-13,16,21-23H,14-15H2,1-5H3,(H,28,30)(H,29,33)(H,31,32)/t22-,23?/m1/s1. The summed E-state index contributed by atoms with van der Waals surface area (Å²) in [6, 6.07) is 14.1. The quantitative estimate of drug-likeness (QED) is 0.529. The van der Waals surface area contributed by atoms with E-state index >= 15 is 0 Å². The van der Waals surface area contributed by atoms with Gasteiger partial charge in [-0.1, -0.05) is 83.1 Å². The van der Waals surface area contributed by atoms with Gasteiger partial charge in [0, 0.05) is 5.92 Å². The minimum absolute atomic E-state index is 0.0876. The molecule has 1 unspecified atom stereocenters. The summed E-state index contributed by atoms with van der Waals surface area (Å²) in [6.45, 7) is 9.32. The molecule has 0 aliphatic heterocycles. The summed E-state index contributed by atoms with van der Waals surface area (Å²) in [7, 11) is 0. The van der Waals surface area contributed by atoms with Crippen molar-refractivity contribution in [3.63, 3.8) is 0 Å². The number of benzene rings is 2. The maximum atomic E-state index is 13.0. The largest absolute Gasteiger partial charge is 0.480 e. The van der Waals surface area contributed by atoms with Crippen molar-refractivity contribution in [3.05, 3.63) is 59.7 Å². The number of carbonyl (C=O) groups is 3. The molecular weight excluding hydrogens is 432 g/mol. The highest BCUT2D eigenvalue weighted by Gasteiger charge is 2.36. The van der Waals surface area contributed by atoms with Crippen molar-refractivity contribution in [1.82, 2.24) is 10.6 Å². The molecule has 2 amide bonds. The van der Waals surface area contributed by atoms with Gasteiger partial charge in [-0.25, -0.2) is 9.59 Å². The van der Waals surface area contributed by atoms with E-state index in [-0.39, 0.29) is 18.4 Å². The van der Waals surface area contributed by atoms with Crippen LogP contribution in [0.25, 0.3) is 11.1 Å². The maximum absolute atomic E-state index is 13.0. The fourth-order valence-corrected chi connectivity index (χ4v) is 4.38. The summed E-state index contributed by atoms with van der Waals surface area (Å²) in [6.07, 6.45) is -0.421. The van der Waals surface area contributed by atoms with Crippen molar-refractivity contribution in [3.8, 4) is 11.1 Å². The average molecular weight is 467 g/mol. The molecule has 2 aromatic rings. The number of aliphatic carboxylic acids is 1. The molecule has 0 saturated heterocycles. The number of alkyl carbamates (subject to hydrolysis) is 1. The number of ether oxygens (including phenoxy) is 1. The van der Waals surface area contributed by atoms with Crippen LogP contribution in [0.5, 0.6) is 0 Å². The number of carboxylic acid groups (broad SMARTS) is 1. The van der Waals surface area contributed by atoms with Gasteiger partial charge >= 0.3 is 12.1 Å². The number of fused-ring (bicyclic) bond motifs is 3. The van der Waals surface area contributed by atoms with Crippen LogP contribution >= 0.6 is 0 Å². The van der Waals surface area contributed by atoms with Crippen LogP contribution in [0, 0.1) is 11.3 Å². The van der Waals surface area contributed by atoms with Crippen LogP contribution in [-0.2, 0) is 14.3 Å². The Labute approximate surface area is 200 Å². The van der Waals surface area contributed by atoms with Gasteiger partial charge in [-0.3, -0.25) is 4.79 Å². The molecule has 34 heavy (non-hydrogen) atoms. The highest BCUT2D eigenvalue weighted by molar-refractivity contribution is 5.90. The van der Waals surface area contributed by atoms with E-state index in [1.54, 1.807) is 20.8 Å². The third-order valence-corrected chi connectivity index (χ3v) is 6.06. The normalized spacial score (nSPS) is 14.6. The first kappa shape index (κ1) is 25.3. The lowest BCUT2D eigenvalue weighted by Crippen LogP contribution is -2.56. The number of hydrogen-bond acceptors (Lipinski definition) is 4. The predicted molar refractivity (Wildman–Crippen MR) is 130 cm³/mol. The first-order chi connectivity index (χ1) is 16.0. The topological polar surface area (TPSA) is 105 Å². The molecular formula is C27H34N2O5. The lowest BCUT2D eigenvalue weighted by Gasteiger charge is -2.31. The Morgan fingerprint density at radius 3 is 1.94 bits per heavy atom. The zero-order valence-corrected chi connectivity index (χ0v) is 20.4. The second-order valence-corrected chi connectivity index (χ2v) is 10.3. The Morgan fingerprint density at radius 1 is 0.941 bits per heavy atom. The molecule has 2 atom stereocenters. The Bertz CT molecular complexity index is 1010. The molecule has 3 N–H and O–H groups in total. The second kappa shape index (κ2) is 10.3. The SMILES string of the molecule is CC(C)C[C@@H](NC(=O)C(NC(=O)OCC1c2ccccc2-c2ccccc21)C(C)(C)C)C(=O)O. The molecule has 7 nitrogen and oxygen atoms in total. The summed E-state index contributed by atoms with van der Waals surface area (Å²) >= 11 is 0. The van der Waals surface area contributed by atoms with Crippen LogP contribution in [-0.4, -0.2) is 41.8 Å². The summed E-state index contributed by atoms with van der Waals surface area (Å²) in [5, 5.41) is 14.7. The Balaban J connectivity index is 1.69. The second-order valence-electron chi connectivity index (χ2n) is 10.3. The third-order valence-electron chi connectivity index (χ3n) is 6.06. The van der Waals surface area contributed by atoms with E-state index in [4.69, 9.17) is 4.74 Å². The van der Waals surface area contributed by atoms with Crippen LogP contribution in [0.3, 0.4) is 0 Å². The summed E-state index contributed by atoms with van der Waals surface area (Å²) in [5.74, 6) is -1.66. The van der Waals surface area contributed by atoms with E-state index in [9.17, 15) is 19.5 Å². The zero-order chi connectivity index (χ0) is 25.0. The number of carbonyl (C=O) groups excluding carboxylic acids is 2. The highest BCUT2D eigenvalue weighted by Crippen LogP contribution is 2.44. The minimum Gasteiger partial charge on any atom is -0.480 e. The van der Waals surface area contributed by atoms with E-state index in [0.717, 1.165) is 22.3 Å². The van der Waals surface area contributed by atoms with E-state index in [1.807, 2.05) is 50.2 Å². The van der Waals surface area contributed by atoms with Crippen LogP contribution in [0.2, 0.25) is 0 Å². The van der Waals surface area contributed by atoms with Gasteiger partial charge in [-0.2, -0.15) is 0 Å². The maximum Gasteiger partial charge on any atom is 0.407 e. The van der Waals surface area contributed by atoms with Gasteiger partial charge in [-0.05, 0) is 40.0 Å². The fourth-order valence-electron chi connectivity index (χ4n) is 4.38. The number of carboxylic acids is 1. The van der Waals surface area contributed by atoms with E-state index in [2.05, 4.69) is 22.8 Å². The van der Waals surface area contributed by atoms with Gasteiger partial charge in [-0.15, -0.1) is 0 Å². The number of hydrogen-bond donors (Lipinski definition) is 3.